The third-order valence-electron chi connectivity index (χ3n) is 3.34. The Morgan fingerprint density at radius 3 is 2.60 bits per heavy atom. The molecule has 1 amide bonds. The van der Waals surface area contributed by atoms with Gasteiger partial charge in [-0.25, -0.2) is 0 Å². The molecule has 3 heteroatoms. The zero-order valence-corrected chi connectivity index (χ0v) is 11.6. The Labute approximate surface area is 119 Å². The standard InChI is InChI=1S/C17H21NO2/c19-11-5-1-4-10-18-17(20)13-14-8-9-15-6-2-3-7-16(15)12-14/h2-3,6-9,12,19H,1,4-5,10-11,13H2,(H,18,20). The van der Waals surface area contributed by atoms with Gasteiger partial charge in [-0.2, -0.15) is 0 Å². The molecular formula is C17H21NO2. The predicted molar refractivity (Wildman–Crippen MR) is 81.6 cm³/mol. The number of aliphatic hydroxyl groups excluding tert-OH is 1. The molecule has 3 nitrogen and oxygen atoms in total. The van der Waals surface area contributed by atoms with Crippen molar-refractivity contribution in [2.75, 3.05) is 13.2 Å². The lowest BCUT2D eigenvalue weighted by atomic mass is 10.0. The van der Waals surface area contributed by atoms with Crippen LogP contribution in [0.5, 0.6) is 0 Å². The van der Waals surface area contributed by atoms with Crippen molar-refractivity contribution in [1.29, 1.82) is 0 Å². The van der Waals surface area contributed by atoms with Crippen molar-refractivity contribution in [2.24, 2.45) is 0 Å². The highest BCUT2D eigenvalue weighted by atomic mass is 16.2. The number of benzene rings is 2. The molecule has 0 fully saturated rings. The Kier molecular flexibility index (Phi) is 5.56. The summed E-state index contributed by atoms with van der Waals surface area (Å²) in [4.78, 5) is 11.8. The van der Waals surface area contributed by atoms with Gasteiger partial charge in [0.1, 0.15) is 0 Å². The number of hydrogen-bond acceptors (Lipinski definition) is 2. The molecular weight excluding hydrogens is 250 g/mol. The molecule has 0 aliphatic heterocycles. The van der Waals surface area contributed by atoms with E-state index in [-0.39, 0.29) is 12.5 Å². The van der Waals surface area contributed by atoms with Crippen molar-refractivity contribution in [1.82, 2.24) is 5.32 Å². The molecule has 2 aromatic rings. The quantitative estimate of drug-likeness (QED) is 0.761. The van der Waals surface area contributed by atoms with Gasteiger partial charge in [0, 0.05) is 13.2 Å². The normalized spacial score (nSPS) is 10.7. The molecule has 0 saturated carbocycles. The molecule has 0 heterocycles. The average molecular weight is 271 g/mol. The Bertz CT molecular complexity index is 566. The minimum Gasteiger partial charge on any atom is -0.396 e. The Morgan fingerprint density at radius 2 is 1.80 bits per heavy atom. The fourth-order valence-corrected chi connectivity index (χ4v) is 2.24. The van der Waals surface area contributed by atoms with Crippen molar-refractivity contribution in [3.63, 3.8) is 0 Å². The molecule has 0 aromatic heterocycles. The molecule has 0 aliphatic carbocycles. The number of amides is 1. The number of carbonyl (C=O) groups excluding carboxylic acids is 1. The van der Waals surface area contributed by atoms with E-state index in [9.17, 15) is 4.79 Å². The van der Waals surface area contributed by atoms with E-state index >= 15 is 0 Å². The van der Waals surface area contributed by atoms with E-state index in [1.165, 1.54) is 10.8 Å². The van der Waals surface area contributed by atoms with Gasteiger partial charge in [-0.05, 0) is 35.6 Å². The van der Waals surface area contributed by atoms with Gasteiger partial charge < -0.3 is 10.4 Å². The van der Waals surface area contributed by atoms with Crippen molar-refractivity contribution in [3.8, 4) is 0 Å². The maximum atomic E-state index is 11.8. The molecule has 0 aliphatic rings. The number of unbranched alkanes of at least 4 members (excludes halogenated alkanes) is 2. The molecule has 2 rings (SSSR count). The van der Waals surface area contributed by atoms with Crippen LogP contribution in [0.2, 0.25) is 0 Å². The van der Waals surface area contributed by atoms with E-state index in [4.69, 9.17) is 5.11 Å². The van der Waals surface area contributed by atoms with E-state index in [1.54, 1.807) is 0 Å². The number of fused-ring (bicyclic) bond motifs is 1. The molecule has 2 N–H and O–H groups in total. The van der Waals surface area contributed by atoms with Crippen LogP contribution in [-0.4, -0.2) is 24.2 Å². The summed E-state index contributed by atoms with van der Waals surface area (Å²) in [7, 11) is 0. The number of rotatable bonds is 7. The van der Waals surface area contributed by atoms with Crippen LogP contribution >= 0.6 is 0 Å². The lowest BCUT2D eigenvalue weighted by molar-refractivity contribution is -0.120. The number of carbonyl (C=O) groups is 1. The van der Waals surface area contributed by atoms with Crippen LogP contribution in [0.25, 0.3) is 10.8 Å². The van der Waals surface area contributed by atoms with Crippen LogP contribution in [0.3, 0.4) is 0 Å². The largest absolute Gasteiger partial charge is 0.396 e. The monoisotopic (exact) mass is 271 g/mol. The highest BCUT2D eigenvalue weighted by Crippen LogP contribution is 2.15. The summed E-state index contributed by atoms with van der Waals surface area (Å²) in [6, 6.07) is 14.3. The first-order valence-electron chi connectivity index (χ1n) is 7.15. The van der Waals surface area contributed by atoms with Crippen molar-refractivity contribution >= 4 is 16.7 Å². The van der Waals surface area contributed by atoms with Crippen LogP contribution in [0.4, 0.5) is 0 Å². The topological polar surface area (TPSA) is 49.3 Å². The molecule has 0 spiro atoms. The molecule has 0 radical (unpaired) electrons. The van der Waals surface area contributed by atoms with Gasteiger partial charge in [0.25, 0.3) is 0 Å². The Hall–Kier alpha value is -1.87. The minimum atomic E-state index is 0.0595. The summed E-state index contributed by atoms with van der Waals surface area (Å²) in [6.07, 6.45) is 3.10. The molecule has 0 bridgehead atoms. The van der Waals surface area contributed by atoms with Gasteiger partial charge >= 0.3 is 0 Å². The molecule has 106 valence electrons. The lowest BCUT2D eigenvalue weighted by Gasteiger charge is -2.06. The summed E-state index contributed by atoms with van der Waals surface area (Å²) in [6.45, 7) is 0.914. The van der Waals surface area contributed by atoms with Crippen LogP contribution < -0.4 is 5.32 Å². The van der Waals surface area contributed by atoms with Crippen LogP contribution in [0.15, 0.2) is 42.5 Å². The lowest BCUT2D eigenvalue weighted by Crippen LogP contribution is -2.26. The molecule has 0 atom stereocenters. The Morgan fingerprint density at radius 1 is 1.00 bits per heavy atom. The SMILES string of the molecule is O=C(Cc1ccc2ccccc2c1)NCCCCCO. The predicted octanol–water partition coefficient (Wildman–Crippen LogP) is 2.66. The van der Waals surface area contributed by atoms with Crippen molar-refractivity contribution in [3.05, 3.63) is 48.0 Å². The number of nitrogens with one attached hydrogen (secondary N) is 1. The first kappa shape index (κ1) is 14.5. The summed E-state index contributed by atoms with van der Waals surface area (Å²) < 4.78 is 0. The third kappa shape index (κ3) is 4.35. The van der Waals surface area contributed by atoms with Gasteiger partial charge in [0.15, 0.2) is 0 Å². The molecule has 0 unspecified atom stereocenters. The fourth-order valence-electron chi connectivity index (χ4n) is 2.24. The summed E-state index contributed by atoms with van der Waals surface area (Å²) in [5.74, 6) is 0.0595. The highest BCUT2D eigenvalue weighted by Gasteiger charge is 2.03. The summed E-state index contributed by atoms with van der Waals surface area (Å²) in [5.41, 5.74) is 1.04. The zero-order chi connectivity index (χ0) is 14.2. The third-order valence-corrected chi connectivity index (χ3v) is 3.34. The second kappa shape index (κ2) is 7.65. The molecule has 2 aromatic carbocycles. The highest BCUT2D eigenvalue weighted by molar-refractivity contribution is 5.85. The van der Waals surface area contributed by atoms with Crippen LogP contribution in [0.1, 0.15) is 24.8 Å². The van der Waals surface area contributed by atoms with Gasteiger partial charge in [0.05, 0.1) is 6.42 Å². The first-order chi connectivity index (χ1) is 9.79. The van der Waals surface area contributed by atoms with E-state index in [1.807, 2.05) is 18.2 Å². The maximum Gasteiger partial charge on any atom is 0.224 e. The van der Waals surface area contributed by atoms with Crippen LogP contribution in [0, 0.1) is 0 Å². The van der Waals surface area contributed by atoms with E-state index in [2.05, 4.69) is 29.6 Å². The van der Waals surface area contributed by atoms with Gasteiger partial charge in [-0.3, -0.25) is 4.79 Å². The second-order valence-corrected chi connectivity index (χ2v) is 4.99. The van der Waals surface area contributed by atoms with Gasteiger partial charge in [-0.1, -0.05) is 42.5 Å². The van der Waals surface area contributed by atoms with E-state index in [0.29, 0.717) is 13.0 Å². The van der Waals surface area contributed by atoms with E-state index < -0.39 is 0 Å². The number of hydrogen-bond donors (Lipinski definition) is 2. The molecule has 20 heavy (non-hydrogen) atoms. The van der Waals surface area contributed by atoms with Crippen molar-refractivity contribution in [2.45, 2.75) is 25.7 Å². The molecule has 0 saturated heterocycles. The summed E-state index contributed by atoms with van der Waals surface area (Å²) >= 11 is 0. The van der Waals surface area contributed by atoms with E-state index in [0.717, 1.165) is 24.8 Å². The zero-order valence-electron chi connectivity index (χ0n) is 11.6. The first-order valence-corrected chi connectivity index (χ1v) is 7.15. The maximum absolute atomic E-state index is 11.8. The summed E-state index contributed by atoms with van der Waals surface area (Å²) in [5, 5.41) is 13.9. The van der Waals surface area contributed by atoms with Crippen LogP contribution in [-0.2, 0) is 11.2 Å². The minimum absolute atomic E-state index is 0.0595. The van der Waals surface area contributed by atoms with Crippen molar-refractivity contribution < 1.29 is 9.90 Å². The second-order valence-electron chi connectivity index (χ2n) is 4.99. The average Bonchev–Trinajstić information content (AvgIpc) is 2.47. The Balaban J connectivity index is 1.83. The smallest absolute Gasteiger partial charge is 0.224 e. The number of aliphatic hydroxyl groups is 1. The van der Waals surface area contributed by atoms with Gasteiger partial charge in [-0.15, -0.1) is 0 Å². The van der Waals surface area contributed by atoms with Gasteiger partial charge in [0.2, 0.25) is 5.91 Å². The fraction of sp³-hybridized carbons (Fsp3) is 0.353.